The molecule has 2 rings (SSSR count). The smallest absolute Gasteiger partial charge is 0.161 e. The number of hydrogen-bond donors (Lipinski definition) is 1. The van der Waals surface area contributed by atoms with Gasteiger partial charge in [-0.05, 0) is 51.0 Å². The van der Waals surface area contributed by atoms with Crippen LogP contribution in [0.5, 0.6) is 0 Å². The molecule has 0 aliphatic carbocycles. The molecule has 1 heterocycles. The highest BCUT2D eigenvalue weighted by Gasteiger charge is 2.12. The van der Waals surface area contributed by atoms with Crippen molar-refractivity contribution >= 4 is 5.82 Å². The molecule has 0 bridgehead atoms. The van der Waals surface area contributed by atoms with Gasteiger partial charge < -0.3 is 5.32 Å². The molecule has 1 aromatic heterocycles. The molecule has 0 unspecified atom stereocenters. The summed E-state index contributed by atoms with van der Waals surface area (Å²) in [4.78, 5) is 9.08. The van der Waals surface area contributed by atoms with E-state index in [1.165, 1.54) is 12.1 Å². The van der Waals surface area contributed by atoms with Crippen molar-refractivity contribution in [3.05, 3.63) is 40.8 Å². The van der Waals surface area contributed by atoms with Gasteiger partial charge in [-0.2, -0.15) is 0 Å². The number of benzene rings is 1. The van der Waals surface area contributed by atoms with Crippen LogP contribution >= 0.6 is 0 Å². The molecule has 0 fully saturated rings. The van der Waals surface area contributed by atoms with Gasteiger partial charge >= 0.3 is 0 Å². The van der Waals surface area contributed by atoms with Crippen molar-refractivity contribution in [1.82, 2.24) is 9.97 Å². The molecule has 0 spiro atoms. The summed E-state index contributed by atoms with van der Waals surface area (Å²) >= 11 is 0. The maximum Gasteiger partial charge on any atom is 0.161 e. The second-order valence-corrected chi connectivity index (χ2v) is 4.86. The van der Waals surface area contributed by atoms with Crippen LogP contribution in [0.25, 0.3) is 11.4 Å². The van der Waals surface area contributed by atoms with E-state index in [1.54, 1.807) is 0 Å². The number of rotatable bonds is 4. The molecule has 1 N–H and O–H groups in total. The minimum Gasteiger partial charge on any atom is -0.370 e. The Kier molecular flexibility index (Phi) is 4.32. The third-order valence-electron chi connectivity index (χ3n) is 3.21. The van der Waals surface area contributed by atoms with Crippen molar-refractivity contribution < 1.29 is 4.39 Å². The number of hydrogen-bond acceptors (Lipinski definition) is 3. The number of aryl methyl sites for hydroxylation is 2. The van der Waals surface area contributed by atoms with Crippen molar-refractivity contribution in [3.8, 4) is 11.4 Å². The van der Waals surface area contributed by atoms with Crippen molar-refractivity contribution in [3.63, 3.8) is 0 Å². The second-order valence-electron chi connectivity index (χ2n) is 4.86. The predicted molar refractivity (Wildman–Crippen MR) is 80.4 cm³/mol. The van der Waals surface area contributed by atoms with E-state index in [4.69, 9.17) is 0 Å². The van der Waals surface area contributed by atoms with E-state index >= 15 is 0 Å². The SMILES string of the molecule is CCNc1nc(-c2cc(C)cc(F)c2)nc(C)c1CC. The largest absolute Gasteiger partial charge is 0.370 e. The molecule has 0 aliphatic heterocycles. The number of halogens is 1. The van der Waals surface area contributed by atoms with E-state index in [0.29, 0.717) is 11.4 Å². The summed E-state index contributed by atoms with van der Waals surface area (Å²) in [7, 11) is 0. The summed E-state index contributed by atoms with van der Waals surface area (Å²) in [6.07, 6.45) is 0.872. The van der Waals surface area contributed by atoms with E-state index in [0.717, 1.165) is 35.6 Å². The normalized spacial score (nSPS) is 10.7. The van der Waals surface area contributed by atoms with Crippen molar-refractivity contribution in [2.24, 2.45) is 0 Å². The molecule has 0 atom stereocenters. The number of anilines is 1. The highest BCUT2D eigenvalue weighted by Crippen LogP contribution is 2.24. The lowest BCUT2D eigenvalue weighted by Crippen LogP contribution is -2.08. The van der Waals surface area contributed by atoms with Crippen LogP contribution in [0.15, 0.2) is 18.2 Å². The lowest BCUT2D eigenvalue weighted by atomic mass is 10.1. The maximum atomic E-state index is 13.5. The van der Waals surface area contributed by atoms with Crippen LogP contribution in [-0.2, 0) is 6.42 Å². The summed E-state index contributed by atoms with van der Waals surface area (Å²) < 4.78 is 13.5. The van der Waals surface area contributed by atoms with E-state index in [1.807, 2.05) is 26.8 Å². The summed E-state index contributed by atoms with van der Waals surface area (Å²) in [5.41, 5.74) is 3.64. The van der Waals surface area contributed by atoms with Gasteiger partial charge in [-0.3, -0.25) is 0 Å². The third-order valence-corrected chi connectivity index (χ3v) is 3.21. The Labute approximate surface area is 119 Å². The van der Waals surface area contributed by atoms with Gasteiger partial charge in [-0.15, -0.1) is 0 Å². The van der Waals surface area contributed by atoms with Crippen LogP contribution in [0.3, 0.4) is 0 Å². The zero-order valence-corrected chi connectivity index (χ0v) is 12.4. The van der Waals surface area contributed by atoms with Crippen LogP contribution in [0, 0.1) is 19.7 Å². The molecule has 0 saturated heterocycles. The standard InChI is InChI=1S/C16H20FN3/c1-5-14-11(4)19-15(20-16(14)18-6-2)12-7-10(3)8-13(17)9-12/h7-9H,5-6H2,1-4H3,(H,18,19,20). The monoisotopic (exact) mass is 273 g/mol. The van der Waals surface area contributed by atoms with Gasteiger partial charge in [0.05, 0.1) is 0 Å². The van der Waals surface area contributed by atoms with E-state index in [2.05, 4.69) is 22.2 Å². The first-order valence-electron chi connectivity index (χ1n) is 6.94. The van der Waals surface area contributed by atoms with Crippen molar-refractivity contribution in [2.75, 3.05) is 11.9 Å². The molecule has 1 aromatic carbocycles. The van der Waals surface area contributed by atoms with Gasteiger partial charge in [0.2, 0.25) is 0 Å². The first kappa shape index (κ1) is 14.4. The summed E-state index contributed by atoms with van der Waals surface area (Å²) in [6.45, 7) is 8.74. The molecule has 0 amide bonds. The Balaban J connectivity index is 2.57. The lowest BCUT2D eigenvalue weighted by molar-refractivity contribution is 0.627. The summed E-state index contributed by atoms with van der Waals surface area (Å²) in [5.74, 6) is 1.16. The zero-order valence-electron chi connectivity index (χ0n) is 12.4. The predicted octanol–water partition coefficient (Wildman–Crippen LogP) is 3.89. The fourth-order valence-corrected chi connectivity index (χ4v) is 2.33. The molecule has 0 saturated carbocycles. The topological polar surface area (TPSA) is 37.8 Å². The van der Waals surface area contributed by atoms with Crippen LogP contribution in [-0.4, -0.2) is 16.5 Å². The van der Waals surface area contributed by atoms with Crippen LogP contribution in [0.4, 0.5) is 10.2 Å². The van der Waals surface area contributed by atoms with Crippen molar-refractivity contribution in [2.45, 2.75) is 34.1 Å². The minimum atomic E-state index is -0.258. The Bertz CT molecular complexity index is 603. The molecular weight excluding hydrogens is 253 g/mol. The first-order chi connectivity index (χ1) is 9.55. The van der Waals surface area contributed by atoms with Gasteiger partial charge in [0, 0.05) is 23.4 Å². The Morgan fingerprint density at radius 3 is 2.45 bits per heavy atom. The zero-order chi connectivity index (χ0) is 14.7. The van der Waals surface area contributed by atoms with Crippen molar-refractivity contribution in [1.29, 1.82) is 0 Å². The molecule has 4 heteroatoms. The summed E-state index contributed by atoms with van der Waals surface area (Å²) in [6, 6.07) is 4.88. The fourth-order valence-electron chi connectivity index (χ4n) is 2.33. The van der Waals surface area contributed by atoms with E-state index in [-0.39, 0.29) is 5.82 Å². The van der Waals surface area contributed by atoms with Gasteiger partial charge in [0.15, 0.2) is 5.82 Å². The van der Waals surface area contributed by atoms with E-state index in [9.17, 15) is 4.39 Å². The van der Waals surface area contributed by atoms with Gasteiger partial charge in [0.25, 0.3) is 0 Å². The average Bonchev–Trinajstić information content (AvgIpc) is 2.37. The third kappa shape index (κ3) is 2.95. The van der Waals surface area contributed by atoms with E-state index < -0.39 is 0 Å². The Morgan fingerprint density at radius 2 is 1.85 bits per heavy atom. The number of aromatic nitrogens is 2. The highest BCUT2D eigenvalue weighted by atomic mass is 19.1. The molecule has 3 nitrogen and oxygen atoms in total. The van der Waals surface area contributed by atoms with Gasteiger partial charge in [-0.1, -0.05) is 6.92 Å². The van der Waals surface area contributed by atoms with Gasteiger partial charge in [-0.25, -0.2) is 14.4 Å². The molecule has 0 radical (unpaired) electrons. The Morgan fingerprint density at radius 1 is 1.10 bits per heavy atom. The molecule has 2 aromatic rings. The molecule has 0 aliphatic rings. The summed E-state index contributed by atoms with van der Waals surface area (Å²) in [5, 5.41) is 3.26. The minimum absolute atomic E-state index is 0.258. The van der Waals surface area contributed by atoms with Crippen LogP contribution in [0.1, 0.15) is 30.7 Å². The molecular formula is C16H20FN3. The van der Waals surface area contributed by atoms with Crippen LogP contribution < -0.4 is 5.32 Å². The maximum absolute atomic E-state index is 13.5. The highest BCUT2D eigenvalue weighted by molar-refractivity contribution is 5.60. The first-order valence-corrected chi connectivity index (χ1v) is 6.94. The lowest BCUT2D eigenvalue weighted by Gasteiger charge is -2.13. The van der Waals surface area contributed by atoms with Crippen LogP contribution in [0.2, 0.25) is 0 Å². The number of nitrogens with one attached hydrogen (secondary N) is 1. The van der Waals surface area contributed by atoms with Gasteiger partial charge in [0.1, 0.15) is 11.6 Å². The number of nitrogens with zero attached hydrogens (tertiary/aromatic N) is 2. The Hall–Kier alpha value is -1.97. The molecule has 20 heavy (non-hydrogen) atoms. The second kappa shape index (κ2) is 5.99. The average molecular weight is 273 g/mol. The quantitative estimate of drug-likeness (QED) is 0.918. The fraction of sp³-hybridized carbons (Fsp3) is 0.375. The molecule has 106 valence electrons.